The number of piperidine rings is 1. The SMILES string of the molecule is CCCN1CCC[C@H](c2cccc(SC)c2)C1. The van der Waals surface area contributed by atoms with Crippen LogP contribution in [0.2, 0.25) is 0 Å². The molecule has 1 saturated heterocycles. The number of thioether (sulfide) groups is 1. The summed E-state index contributed by atoms with van der Waals surface area (Å²) in [4.78, 5) is 4.02. The van der Waals surface area contributed by atoms with Crippen molar-refractivity contribution in [1.29, 1.82) is 0 Å². The summed E-state index contributed by atoms with van der Waals surface area (Å²) in [5, 5.41) is 0. The summed E-state index contributed by atoms with van der Waals surface area (Å²) in [5.41, 5.74) is 1.54. The van der Waals surface area contributed by atoms with Crippen molar-refractivity contribution in [1.82, 2.24) is 4.90 Å². The van der Waals surface area contributed by atoms with Crippen molar-refractivity contribution in [2.75, 3.05) is 25.9 Å². The van der Waals surface area contributed by atoms with Crippen LogP contribution in [0.5, 0.6) is 0 Å². The molecule has 1 aliphatic rings. The lowest BCUT2D eigenvalue weighted by molar-refractivity contribution is 0.208. The quantitative estimate of drug-likeness (QED) is 0.742. The lowest BCUT2D eigenvalue weighted by atomic mass is 9.90. The molecule has 0 aromatic heterocycles. The van der Waals surface area contributed by atoms with E-state index in [0.717, 1.165) is 5.92 Å². The van der Waals surface area contributed by atoms with Crippen molar-refractivity contribution >= 4 is 11.8 Å². The summed E-state index contributed by atoms with van der Waals surface area (Å²) in [6.07, 6.45) is 6.15. The van der Waals surface area contributed by atoms with Gasteiger partial charge in [0.05, 0.1) is 0 Å². The monoisotopic (exact) mass is 249 g/mol. The second kappa shape index (κ2) is 6.46. The van der Waals surface area contributed by atoms with E-state index in [1.54, 1.807) is 0 Å². The van der Waals surface area contributed by atoms with E-state index in [1.165, 1.54) is 49.4 Å². The third-order valence-electron chi connectivity index (χ3n) is 3.61. The summed E-state index contributed by atoms with van der Waals surface area (Å²) in [6.45, 7) is 6.09. The molecule has 0 unspecified atom stereocenters. The lowest BCUT2D eigenvalue weighted by Gasteiger charge is -2.32. The van der Waals surface area contributed by atoms with E-state index in [9.17, 15) is 0 Å². The number of nitrogens with zero attached hydrogens (tertiary/aromatic N) is 1. The molecule has 0 saturated carbocycles. The van der Waals surface area contributed by atoms with Crippen LogP contribution in [0.3, 0.4) is 0 Å². The van der Waals surface area contributed by atoms with E-state index in [-0.39, 0.29) is 0 Å². The first-order valence-corrected chi connectivity index (χ1v) is 7.92. The van der Waals surface area contributed by atoms with Gasteiger partial charge in [-0.15, -0.1) is 11.8 Å². The molecular formula is C15H23NS. The third-order valence-corrected chi connectivity index (χ3v) is 4.34. The molecule has 17 heavy (non-hydrogen) atoms. The molecule has 0 aliphatic carbocycles. The van der Waals surface area contributed by atoms with Crippen molar-refractivity contribution in [3.63, 3.8) is 0 Å². The minimum Gasteiger partial charge on any atom is -0.303 e. The van der Waals surface area contributed by atoms with E-state index in [4.69, 9.17) is 0 Å². The Labute approximate surface area is 110 Å². The van der Waals surface area contributed by atoms with Gasteiger partial charge < -0.3 is 4.90 Å². The summed E-state index contributed by atoms with van der Waals surface area (Å²) in [5.74, 6) is 0.752. The molecule has 1 aliphatic heterocycles. The Morgan fingerprint density at radius 3 is 3.06 bits per heavy atom. The van der Waals surface area contributed by atoms with Gasteiger partial charge >= 0.3 is 0 Å². The van der Waals surface area contributed by atoms with Gasteiger partial charge in [0.2, 0.25) is 0 Å². The van der Waals surface area contributed by atoms with Crippen LogP contribution in [-0.2, 0) is 0 Å². The fourth-order valence-electron chi connectivity index (χ4n) is 2.74. The van der Waals surface area contributed by atoms with Crippen LogP contribution in [0.4, 0.5) is 0 Å². The standard InChI is InChI=1S/C15H23NS/c1-3-9-16-10-5-7-14(12-16)13-6-4-8-15(11-13)17-2/h4,6,8,11,14H,3,5,7,9-10,12H2,1-2H3/t14-/m0/s1. The van der Waals surface area contributed by atoms with E-state index in [0.29, 0.717) is 0 Å². The Bertz CT molecular complexity index is 349. The zero-order valence-electron chi connectivity index (χ0n) is 11.0. The van der Waals surface area contributed by atoms with Gasteiger partial charge in [-0.2, -0.15) is 0 Å². The lowest BCUT2D eigenvalue weighted by Crippen LogP contribution is -2.34. The minimum atomic E-state index is 0.752. The summed E-state index contributed by atoms with van der Waals surface area (Å²) < 4.78 is 0. The van der Waals surface area contributed by atoms with Crippen LogP contribution in [0, 0.1) is 0 Å². The first kappa shape index (κ1) is 13.0. The first-order chi connectivity index (χ1) is 8.33. The highest BCUT2D eigenvalue weighted by Crippen LogP contribution is 2.29. The molecule has 94 valence electrons. The highest BCUT2D eigenvalue weighted by atomic mass is 32.2. The van der Waals surface area contributed by atoms with Crippen LogP contribution in [0.25, 0.3) is 0 Å². The molecule has 1 fully saturated rings. The van der Waals surface area contributed by atoms with E-state index >= 15 is 0 Å². The minimum absolute atomic E-state index is 0.752. The summed E-state index contributed by atoms with van der Waals surface area (Å²) >= 11 is 1.84. The highest BCUT2D eigenvalue weighted by molar-refractivity contribution is 7.98. The molecule has 1 heterocycles. The van der Waals surface area contributed by atoms with E-state index < -0.39 is 0 Å². The van der Waals surface area contributed by atoms with Crippen molar-refractivity contribution in [2.24, 2.45) is 0 Å². The molecule has 0 bridgehead atoms. The van der Waals surface area contributed by atoms with Gasteiger partial charge in [0.25, 0.3) is 0 Å². The average molecular weight is 249 g/mol. The predicted molar refractivity (Wildman–Crippen MR) is 76.9 cm³/mol. The molecule has 1 nitrogen and oxygen atoms in total. The maximum atomic E-state index is 2.62. The fraction of sp³-hybridized carbons (Fsp3) is 0.600. The van der Waals surface area contributed by atoms with Gasteiger partial charge in [0.15, 0.2) is 0 Å². The van der Waals surface area contributed by atoms with Crippen LogP contribution in [-0.4, -0.2) is 30.8 Å². The molecule has 1 aromatic carbocycles. The molecule has 0 N–H and O–H groups in total. The normalized spacial score (nSPS) is 21.6. The second-order valence-electron chi connectivity index (χ2n) is 4.92. The highest BCUT2D eigenvalue weighted by Gasteiger charge is 2.20. The fourth-order valence-corrected chi connectivity index (χ4v) is 3.21. The topological polar surface area (TPSA) is 3.24 Å². The Morgan fingerprint density at radius 1 is 1.41 bits per heavy atom. The number of hydrogen-bond donors (Lipinski definition) is 0. The molecule has 2 heteroatoms. The van der Waals surface area contributed by atoms with E-state index in [1.807, 2.05) is 11.8 Å². The summed E-state index contributed by atoms with van der Waals surface area (Å²) in [6, 6.07) is 9.10. The van der Waals surface area contributed by atoms with Crippen LogP contribution >= 0.6 is 11.8 Å². The van der Waals surface area contributed by atoms with Crippen molar-refractivity contribution < 1.29 is 0 Å². The van der Waals surface area contributed by atoms with Crippen LogP contribution in [0.1, 0.15) is 37.7 Å². The zero-order chi connectivity index (χ0) is 12.1. The van der Waals surface area contributed by atoms with Crippen LogP contribution < -0.4 is 0 Å². The number of hydrogen-bond acceptors (Lipinski definition) is 2. The Kier molecular flexibility index (Phi) is 4.93. The molecular weight excluding hydrogens is 226 g/mol. The Morgan fingerprint density at radius 2 is 2.29 bits per heavy atom. The van der Waals surface area contributed by atoms with Gasteiger partial charge in [-0.25, -0.2) is 0 Å². The smallest absolute Gasteiger partial charge is 0.00719 e. The first-order valence-electron chi connectivity index (χ1n) is 6.69. The number of benzene rings is 1. The van der Waals surface area contributed by atoms with Gasteiger partial charge in [-0.05, 0) is 62.2 Å². The van der Waals surface area contributed by atoms with Crippen molar-refractivity contribution in [3.05, 3.63) is 29.8 Å². The molecule has 0 radical (unpaired) electrons. The molecule has 1 aromatic rings. The molecule has 1 atom stereocenters. The summed E-state index contributed by atoms with van der Waals surface area (Å²) in [7, 11) is 0. The predicted octanol–water partition coefficient (Wildman–Crippen LogP) is 4.00. The van der Waals surface area contributed by atoms with Gasteiger partial charge in [-0.3, -0.25) is 0 Å². The molecule has 2 rings (SSSR count). The number of rotatable bonds is 4. The maximum absolute atomic E-state index is 2.62. The average Bonchev–Trinajstić information content (AvgIpc) is 2.40. The number of likely N-dealkylation sites (tertiary alicyclic amines) is 1. The Hall–Kier alpha value is -0.470. The third kappa shape index (κ3) is 3.49. The maximum Gasteiger partial charge on any atom is 0.00719 e. The zero-order valence-corrected chi connectivity index (χ0v) is 11.8. The van der Waals surface area contributed by atoms with Gasteiger partial charge in [-0.1, -0.05) is 19.1 Å². The van der Waals surface area contributed by atoms with Crippen LogP contribution in [0.15, 0.2) is 29.2 Å². The largest absolute Gasteiger partial charge is 0.303 e. The molecule has 0 spiro atoms. The van der Waals surface area contributed by atoms with Gasteiger partial charge in [0, 0.05) is 11.4 Å². The Balaban J connectivity index is 2.05. The van der Waals surface area contributed by atoms with Crippen molar-refractivity contribution in [3.8, 4) is 0 Å². The second-order valence-corrected chi connectivity index (χ2v) is 5.80. The van der Waals surface area contributed by atoms with E-state index in [2.05, 4.69) is 42.3 Å². The van der Waals surface area contributed by atoms with Crippen molar-refractivity contribution in [2.45, 2.75) is 37.0 Å². The molecule has 0 amide bonds. The van der Waals surface area contributed by atoms with Gasteiger partial charge in [0.1, 0.15) is 0 Å².